The van der Waals surface area contributed by atoms with Crippen LogP contribution in [0.15, 0.2) is 0 Å². The normalized spacial score (nSPS) is 19.9. The molecule has 1 atom stereocenters. The lowest BCUT2D eigenvalue weighted by atomic mass is 10.0. The van der Waals surface area contributed by atoms with Crippen molar-refractivity contribution in [1.82, 2.24) is 0 Å². The van der Waals surface area contributed by atoms with E-state index in [0.717, 1.165) is 32.5 Å². The van der Waals surface area contributed by atoms with E-state index in [0.29, 0.717) is 18.9 Å². The van der Waals surface area contributed by atoms with Crippen molar-refractivity contribution < 1.29 is 14.3 Å². The number of carbonyl (C=O) groups excluding carboxylic acids is 1. The molecule has 0 saturated carbocycles. The molecule has 1 saturated heterocycles. The average molecular weight is 215 g/mol. The van der Waals surface area contributed by atoms with E-state index >= 15 is 0 Å². The molecule has 0 unspecified atom stereocenters. The highest BCUT2D eigenvalue weighted by molar-refractivity contribution is 5.75. The van der Waals surface area contributed by atoms with Crippen LogP contribution >= 0.6 is 0 Å². The molecule has 2 N–H and O–H groups in total. The molecule has 4 nitrogen and oxygen atoms in total. The van der Waals surface area contributed by atoms with Gasteiger partial charge in [-0.15, -0.1) is 0 Å². The minimum Gasteiger partial charge on any atom is -0.464 e. The summed E-state index contributed by atoms with van der Waals surface area (Å²) in [6.07, 6.45) is 3.58. The number of nitrogens with two attached hydrogens (primary N) is 1. The zero-order valence-corrected chi connectivity index (χ0v) is 9.41. The molecule has 1 heterocycles. The Balaban J connectivity index is 2.14. The quantitative estimate of drug-likeness (QED) is 0.697. The summed E-state index contributed by atoms with van der Waals surface area (Å²) in [4.78, 5) is 11.4. The lowest BCUT2D eigenvalue weighted by Gasteiger charge is -2.22. The third kappa shape index (κ3) is 4.62. The third-order valence-corrected chi connectivity index (χ3v) is 2.70. The van der Waals surface area contributed by atoms with Gasteiger partial charge in [-0.3, -0.25) is 4.79 Å². The second-order valence-corrected chi connectivity index (χ2v) is 4.08. The van der Waals surface area contributed by atoms with Gasteiger partial charge in [-0.25, -0.2) is 0 Å². The number of carbonyl (C=O) groups is 1. The summed E-state index contributed by atoms with van der Waals surface area (Å²) in [7, 11) is 0. The maximum Gasteiger partial charge on any atom is 0.322 e. The molecule has 0 spiro atoms. The third-order valence-electron chi connectivity index (χ3n) is 2.70. The van der Waals surface area contributed by atoms with Crippen molar-refractivity contribution >= 4 is 5.97 Å². The van der Waals surface area contributed by atoms with Crippen LogP contribution in [0.4, 0.5) is 0 Å². The van der Waals surface area contributed by atoms with E-state index in [1.165, 1.54) is 0 Å². The van der Waals surface area contributed by atoms with E-state index in [1.54, 1.807) is 0 Å². The minimum absolute atomic E-state index is 0.261. The molecule has 4 heteroatoms. The van der Waals surface area contributed by atoms with Gasteiger partial charge in [0.05, 0.1) is 6.61 Å². The van der Waals surface area contributed by atoms with Crippen LogP contribution in [0.25, 0.3) is 0 Å². The highest BCUT2D eigenvalue weighted by Gasteiger charge is 2.18. The Kier molecular flexibility index (Phi) is 5.65. The SMILES string of the molecule is CCC[C@H](N)C(=O)OCC1CCOCC1. The first-order valence-electron chi connectivity index (χ1n) is 5.74. The first kappa shape index (κ1) is 12.5. The summed E-state index contributed by atoms with van der Waals surface area (Å²) in [6, 6.07) is -0.449. The zero-order valence-electron chi connectivity index (χ0n) is 9.41. The molecule has 1 fully saturated rings. The van der Waals surface area contributed by atoms with Gasteiger partial charge in [0.15, 0.2) is 0 Å². The van der Waals surface area contributed by atoms with Gasteiger partial charge in [-0.1, -0.05) is 13.3 Å². The second-order valence-electron chi connectivity index (χ2n) is 4.08. The van der Waals surface area contributed by atoms with Crippen molar-refractivity contribution in [1.29, 1.82) is 0 Å². The molecule has 1 aliphatic rings. The van der Waals surface area contributed by atoms with Crippen LogP contribution in [0.1, 0.15) is 32.6 Å². The van der Waals surface area contributed by atoms with Gasteiger partial charge in [0.1, 0.15) is 6.04 Å². The Morgan fingerprint density at radius 3 is 2.80 bits per heavy atom. The number of ether oxygens (including phenoxy) is 2. The van der Waals surface area contributed by atoms with Crippen molar-refractivity contribution in [2.45, 2.75) is 38.6 Å². The summed E-state index contributed by atoms with van der Waals surface area (Å²) >= 11 is 0. The Labute approximate surface area is 91.1 Å². The predicted octanol–water partition coefficient (Wildman–Crippen LogP) is 1.08. The minimum atomic E-state index is -0.449. The first-order valence-corrected chi connectivity index (χ1v) is 5.74. The summed E-state index contributed by atoms with van der Waals surface area (Å²) < 4.78 is 10.4. The zero-order chi connectivity index (χ0) is 11.1. The van der Waals surface area contributed by atoms with Crippen LogP contribution in [0.3, 0.4) is 0 Å². The molecular weight excluding hydrogens is 194 g/mol. The van der Waals surface area contributed by atoms with Crippen LogP contribution in [-0.4, -0.2) is 31.8 Å². The fourth-order valence-electron chi connectivity index (χ4n) is 1.65. The van der Waals surface area contributed by atoms with E-state index in [4.69, 9.17) is 15.2 Å². The van der Waals surface area contributed by atoms with Crippen molar-refractivity contribution in [2.24, 2.45) is 11.7 Å². The highest BCUT2D eigenvalue weighted by Crippen LogP contribution is 2.15. The van der Waals surface area contributed by atoms with E-state index < -0.39 is 6.04 Å². The second kappa shape index (κ2) is 6.80. The van der Waals surface area contributed by atoms with Gasteiger partial charge in [-0.05, 0) is 25.2 Å². The smallest absolute Gasteiger partial charge is 0.322 e. The fraction of sp³-hybridized carbons (Fsp3) is 0.909. The van der Waals surface area contributed by atoms with E-state index in [-0.39, 0.29) is 5.97 Å². The van der Waals surface area contributed by atoms with Gasteiger partial charge in [0.2, 0.25) is 0 Å². The molecule has 1 aliphatic heterocycles. The van der Waals surface area contributed by atoms with E-state index in [2.05, 4.69) is 0 Å². The lowest BCUT2D eigenvalue weighted by Crippen LogP contribution is -2.33. The van der Waals surface area contributed by atoms with Gasteiger partial charge in [0, 0.05) is 13.2 Å². The van der Waals surface area contributed by atoms with E-state index in [9.17, 15) is 4.79 Å². The first-order chi connectivity index (χ1) is 7.24. The summed E-state index contributed by atoms with van der Waals surface area (Å²) in [5.41, 5.74) is 5.64. The number of esters is 1. The summed E-state index contributed by atoms with van der Waals surface area (Å²) in [5.74, 6) is 0.194. The molecule has 0 radical (unpaired) electrons. The highest BCUT2D eigenvalue weighted by atomic mass is 16.5. The van der Waals surface area contributed by atoms with Gasteiger partial charge in [0.25, 0.3) is 0 Å². The van der Waals surface area contributed by atoms with Crippen LogP contribution in [0.2, 0.25) is 0 Å². The fourth-order valence-corrected chi connectivity index (χ4v) is 1.65. The van der Waals surface area contributed by atoms with Crippen molar-refractivity contribution in [2.75, 3.05) is 19.8 Å². The molecule has 0 aliphatic carbocycles. The van der Waals surface area contributed by atoms with Crippen molar-refractivity contribution in [3.8, 4) is 0 Å². The molecule has 1 rings (SSSR count). The topological polar surface area (TPSA) is 61.6 Å². The number of rotatable bonds is 5. The van der Waals surface area contributed by atoms with E-state index in [1.807, 2.05) is 6.92 Å². The molecule has 0 aromatic carbocycles. The van der Waals surface area contributed by atoms with Crippen LogP contribution in [-0.2, 0) is 14.3 Å². The Morgan fingerprint density at radius 2 is 2.20 bits per heavy atom. The molecule has 0 amide bonds. The lowest BCUT2D eigenvalue weighted by molar-refractivity contribution is -0.147. The summed E-state index contributed by atoms with van der Waals surface area (Å²) in [5, 5.41) is 0. The molecule has 0 aromatic heterocycles. The Morgan fingerprint density at radius 1 is 1.53 bits per heavy atom. The molecule has 0 aromatic rings. The standard InChI is InChI=1S/C11H21NO3/c1-2-3-10(12)11(13)15-8-9-4-6-14-7-5-9/h9-10H,2-8,12H2,1H3/t10-/m0/s1. The molecular formula is C11H21NO3. The van der Waals surface area contributed by atoms with Crippen LogP contribution in [0.5, 0.6) is 0 Å². The molecule has 0 bridgehead atoms. The molecule has 88 valence electrons. The van der Waals surface area contributed by atoms with Crippen molar-refractivity contribution in [3.63, 3.8) is 0 Å². The number of hydrogen-bond donors (Lipinski definition) is 1. The Hall–Kier alpha value is -0.610. The van der Waals surface area contributed by atoms with Crippen LogP contribution in [0, 0.1) is 5.92 Å². The van der Waals surface area contributed by atoms with Crippen LogP contribution < -0.4 is 5.73 Å². The van der Waals surface area contributed by atoms with Gasteiger partial charge < -0.3 is 15.2 Å². The molecule has 15 heavy (non-hydrogen) atoms. The Bertz CT molecular complexity index is 190. The number of hydrogen-bond acceptors (Lipinski definition) is 4. The predicted molar refractivity (Wildman–Crippen MR) is 57.4 cm³/mol. The maximum atomic E-state index is 11.4. The largest absolute Gasteiger partial charge is 0.464 e. The van der Waals surface area contributed by atoms with Gasteiger partial charge >= 0.3 is 5.97 Å². The average Bonchev–Trinajstić information content (AvgIpc) is 2.27. The summed E-state index contributed by atoms with van der Waals surface area (Å²) in [6.45, 7) is 4.07. The maximum absolute atomic E-state index is 11.4. The van der Waals surface area contributed by atoms with Gasteiger partial charge in [-0.2, -0.15) is 0 Å². The monoisotopic (exact) mass is 215 g/mol. The van der Waals surface area contributed by atoms with Crippen molar-refractivity contribution in [3.05, 3.63) is 0 Å².